The lowest BCUT2D eigenvalue weighted by Gasteiger charge is -2.50. The van der Waals surface area contributed by atoms with E-state index in [0.29, 0.717) is 23.9 Å². The van der Waals surface area contributed by atoms with Crippen LogP contribution in [0.4, 0.5) is 0 Å². The summed E-state index contributed by atoms with van der Waals surface area (Å²) in [6.45, 7) is 10.7. The van der Waals surface area contributed by atoms with Crippen LogP contribution in [0.15, 0.2) is 11.6 Å². The largest absolute Gasteiger partial charge is 0.337 e. The van der Waals surface area contributed by atoms with Crippen molar-refractivity contribution in [3.8, 4) is 0 Å². The molecule has 0 N–H and O–H groups in total. The van der Waals surface area contributed by atoms with E-state index < -0.39 is 0 Å². The molecule has 0 aromatic heterocycles. The molecule has 0 bridgehead atoms. The molecule has 2 aliphatic carbocycles. The van der Waals surface area contributed by atoms with E-state index in [9.17, 15) is 4.79 Å². The average molecular weight is 249 g/mol. The highest BCUT2D eigenvalue weighted by Gasteiger charge is 2.56. The molecular formula is C16H27NO. The first kappa shape index (κ1) is 13.6. The molecule has 1 amide bonds. The second-order valence-electron chi connectivity index (χ2n) is 6.49. The normalized spacial score (nSPS) is 30.2. The molecule has 0 spiro atoms. The highest BCUT2D eigenvalue weighted by atomic mass is 16.2. The van der Waals surface area contributed by atoms with E-state index in [1.165, 1.54) is 12.0 Å². The second-order valence-corrected chi connectivity index (χ2v) is 6.49. The van der Waals surface area contributed by atoms with Crippen LogP contribution in [-0.4, -0.2) is 22.9 Å². The van der Waals surface area contributed by atoms with Gasteiger partial charge >= 0.3 is 0 Å². The van der Waals surface area contributed by atoms with Crippen LogP contribution in [0.2, 0.25) is 0 Å². The Morgan fingerprint density at radius 3 is 2.50 bits per heavy atom. The number of fused-ring (bicyclic) bond motifs is 1. The molecule has 2 unspecified atom stereocenters. The average Bonchev–Trinajstić information content (AvgIpc) is 2.57. The Morgan fingerprint density at radius 1 is 1.39 bits per heavy atom. The molecular weight excluding hydrogens is 222 g/mol. The lowest BCUT2D eigenvalue weighted by atomic mass is 9.57. The Morgan fingerprint density at radius 2 is 2.00 bits per heavy atom. The summed E-state index contributed by atoms with van der Waals surface area (Å²) in [6.07, 6.45) is 6.76. The predicted molar refractivity (Wildman–Crippen MR) is 75.3 cm³/mol. The van der Waals surface area contributed by atoms with Gasteiger partial charge in [-0.25, -0.2) is 0 Å². The third-order valence-corrected chi connectivity index (χ3v) is 4.77. The van der Waals surface area contributed by atoms with E-state index in [1.807, 2.05) is 0 Å². The molecule has 0 aromatic carbocycles. The molecule has 1 fully saturated rings. The molecule has 0 aromatic rings. The summed E-state index contributed by atoms with van der Waals surface area (Å²) in [7, 11) is 0. The van der Waals surface area contributed by atoms with Crippen LogP contribution in [0.25, 0.3) is 0 Å². The Balaban J connectivity index is 2.22. The molecule has 1 saturated carbocycles. The van der Waals surface area contributed by atoms with Crippen LogP contribution in [0.3, 0.4) is 0 Å². The number of allylic oxidation sites excluding steroid dienone is 1. The molecule has 2 heteroatoms. The highest BCUT2D eigenvalue weighted by Crippen LogP contribution is 2.59. The van der Waals surface area contributed by atoms with Crippen LogP contribution in [0.1, 0.15) is 60.3 Å². The third-order valence-electron chi connectivity index (χ3n) is 4.77. The molecule has 0 saturated heterocycles. The van der Waals surface area contributed by atoms with Crippen molar-refractivity contribution in [2.75, 3.05) is 0 Å². The Labute approximate surface area is 111 Å². The molecule has 0 heterocycles. The monoisotopic (exact) mass is 249 g/mol. The Hall–Kier alpha value is -0.790. The molecule has 2 nitrogen and oxygen atoms in total. The van der Waals surface area contributed by atoms with Crippen LogP contribution in [0.5, 0.6) is 0 Å². The van der Waals surface area contributed by atoms with Gasteiger partial charge in [0.25, 0.3) is 0 Å². The highest BCUT2D eigenvalue weighted by molar-refractivity contribution is 5.89. The molecule has 18 heavy (non-hydrogen) atoms. The quantitative estimate of drug-likeness (QED) is 0.695. The maximum absolute atomic E-state index is 13.0. The SMILES string of the molecule is CCC1CC2(C(=O)N(C(C)C)C(C)C)CCC=C12. The first-order valence-electron chi connectivity index (χ1n) is 7.47. The molecule has 102 valence electrons. The second kappa shape index (κ2) is 4.71. The van der Waals surface area contributed by atoms with E-state index in [4.69, 9.17) is 0 Å². The summed E-state index contributed by atoms with van der Waals surface area (Å²) in [5, 5.41) is 0. The summed E-state index contributed by atoms with van der Waals surface area (Å²) >= 11 is 0. The van der Waals surface area contributed by atoms with E-state index in [-0.39, 0.29) is 5.41 Å². The van der Waals surface area contributed by atoms with Crippen molar-refractivity contribution in [2.45, 2.75) is 72.4 Å². The summed E-state index contributed by atoms with van der Waals surface area (Å²) < 4.78 is 0. The van der Waals surface area contributed by atoms with Gasteiger partial charge in [-0.3, -0.25) is 4.79 Å². The van der Waals surface area contributed by atoms with Crippen LogP contribution < -0.4 is 0 Å². The first-order valence-corrected chi connectivity index (χ1v) is 7.47. The smallest absolute Gasteiger partial charge is 0.233 e. The summed E-state index contributed by atoms with van der Waals surface area (Å²) in [4.78, 5) is 15.0. The molecule has 2 aliphatic rings. The zero-order chi connectivity index (χ0) is 13.5. The van der Waals surface area contributed by atoms with Gasteiger partial charge in [0.15, 0.2) is 0 Å². The summed E-state index contributed by atoms with van der Waals surface area (Å²) in [5.41, 5.74) is 1.36. The van der Waals surface area contributed by atoms with Crippen molar-refractivity contribution in [3.05, 3.63) is 11.6 Å². The van der Waals surface area contributed by atoms with E-state index >= 15 is 0 Å². The Kier molecular flexibility index (Phi) is 3.57. The third kappa shape index (κ3) is 1.81. The number of nitrogens with zero attached hydrogens (tertiary/aromatic N) is 1. The van der Waals surface area contributed by atoms with Gasteiger partial charge in [0.2, 0.25) is 5.91 Å². The molecule has 2 atom stereocenters. The van der Waals surface area contributed by atoms with Gasteiger partial charge in [-0.05, 0) is 59.3 Å². The number of hydrogen-bond donors (Lipinski definition) is 0. The standard InChI is InChI=1S/C16H27NO/c1-6-13-10-16(9-7-8-14(13)16)15(18)17(11(2)3)12(4)5/h8,11-13H,6-7,9-10H2,1-5H3. The fourth-order valence-electron chi connectivity index (χ4n) is 3.98. The fraction of sp³-hybridized carbons (Fsp3) is 0.812. The minimum absolute atomic E-state index is 0.102. The van der Waals surface area contributed by atoms with Gasteiger partial charge in [-0.2, -0.15) is 0 Å². The Bertz CT molecular complexity index is 361. The zero-order valence-electron chi connectivity index (χ0n) is 12.5. The van der Waals surface area contributed by atoms with Gasteiger partial charge in [-0.15, -0.1) is 0 Å². The predicted octanol–water partition coefficient (Wildman–Crippen LogP) is 3.77. The van der Waals surface area contributed by atoms with Crippen molar-refractivity contribution in [1.82, 2.24) is 4.90 Å². The molecule has 2 rings (SSSR count). The summed E-state index contributed by atoms with van der Waals surface area (Å²) in [6, 6.07) is 0.601. The van der Waals surface area contributed by atoms with Gasteiger partial charge in [0, 0.05) is 12.1 Å². The van der Waals surface area contributed by atoms with Crippen molar-refractivity contribution in [1.29, 1.82) is 0 Å². The van der Waals surface area contributed by atoms with Crippen LogP contribution in [-0.2, 0) is 4.79 Å². The number of amides is 1. The van der Waals surface area contributed by atoms with Gasteiger partial charge in [0.1, 0.15) is 0 Å². The van der Waals surface area contributed by atoms with E-state index in [2.05, 4.69) is 45.6 Å². The van der Waals surface area contributed by atoms with Crippen molar-refractivity contribution >= 4 is 5.91 Å². The zero-order valence-corrected chi connectivity index (χ0v) is 12.5. The number of carbonyl (C=O) groups is 1. The maximum atomic E-state index is 13.0. The van der Waals surface area contributed by atoms with Crippen molar-refractivity contribution < 1.29 is 4.79 Å². The lowest BCUT2D eigenvalue weighted by molar-refractivity contribution is -0.148. The minimum Gasteiger partial charge on any atom is -0.337 e. The number of carbonyl (C=O) groups excluding carboxylic acids is 1. The number of rotatable bonds is 4. The maximum Gasteiger partial charge on any atom is 0.233 e. The van der Waals surface area contributed by atoms with E-state index in [1.54, 1.807) is 0 Å². The van der Waals surface area contributed by atoms with Crippen molar-refractivity contribution in [2.24, 2.45) is 11.3 Å². The van der Waals surface area contributed by atoms with Crippen molar-refractivity contribution in [3.63, 3.8) is 0 Å². The van der Waals surface area contributed by atoms with Crippen LogP contribution >= 0.6 is 0 Å². The number of hydrogen-bond acceptors (Lipinski definition) is 1. The summed E-state index contributed by atoms with van der Waals surface area (Å²) in [5.74, 6) is 1.07. The fourth-order valence-corrected chi connectivity index (χ4v) is 3.98. The van der Waals surface area contributed by atoms with Gasteiger partial charge in [-0.1, -0.05) is 18.6 Å². The lowest BCUT2D eigenvalue weighted by Crippen LogP contribution is -2.55. The van der Waals surface area contributed by atoms with Gasteiger partial charge in [0.05, 0.1) is 5.41 Å². The molecule has 0 aliphatic heterocycles. The topological polar surface area (TPSA) is 20.3 Å². The first-order chi connectivity index (χ1) is 8.44. The molecule has 0 radical (unpaired) electrons. The van der Waals surface area contributed by atoms with Crippen LogP contribution in [0, 0.1) is 11.3 Å². The minimum atomic E-state index is -0.102. The van der Waals surface area contributed by atoms with E-state index in [0.717, 1.165) is 19.3 Å². The van der Waals surface area contributed by atoms with Gasteiger partial charge < -0.3 is 4.90 Å².